The van der Waals surface area contributed by atoms with Crippen LogP contribution in [0.5, 0.6) is 0 Å². The lowest BCUT2D eigenvalue weighted by molar-refractivity contribution is 0.0949. The number of rotatable bonds is 5. The summed E-state index contributed by atoms with van der Waals surface area (Å²) in [7, 11) is 0. The minimum absolute atomic E-state index is 0.0449. The van der Waals surface area contributed by atoms with Gasteiger partial charge in [-0.15, -0.1) is 0 Å². The van der Waals surface area contributed by atoms with E-state index in [-0.39, 0.29) is 5.91 Å². The molecule has 0 bridgehead atoms. The molecule has 1 heterocycles. The molecule has 1 aliphatic heterocycles. The van der Waals surface area contributed by atoms with E-state index in [0.29, 0.717) is 6.54 Å². The number of nitrogens with zero attached hydrogens (tertiary/aromatic N) is 2. The van der Waals surface area contributed by atoms with Crippen LogP contribution in [0.2, 0.25) is 0 Å². The number of hydrogen-bond acceptors (Lipinski definition) is 3. The number of nitrogens with one attached hydrogen (secondary N) is 1. The molecule has 4 heteroatoms. The minimum Gasteiger partial charge on any atom is -0.369 e. The lowest BCUT2D eigenvalue weighted by Gasteiger charge is -2.36. The third-order valence-corrected chi connectivity index (χ3v) is 6.33. The Morgan fingerprint density at radius 1 is 0.828 bits per heavy atom. The van der Waals surface area contributed by atoms with Gasteiger partial charge < -0.3 is 10.2 Å². The van der Waals surface area contributed by atoms with Gasteiger partial charge in [0.05, 0.1) is 0 Å². The van der Waals surface area contributed by atoms with Crippen LogP contribution >= 0.6 is 0 Å². The summed E-state index contributed by atoms with van der Waals surface area (Å²) < 4.78 is 0. The van der Waals surface area contributed by atoms with E-state index in [4.69, 9.17) is 0 Å². The molecule has 29 heavy (non-hydrogen) atoms. The molecule has 3 aromatic carbocycles. The van der Waals surface area contributed by atoms with Crippen LogP contribution in [0.1, 0.15) is 21.5 Å². The zero-order valence-corrected chi connectivity index (χ0v) is 16.7. The Labute approximate surface area is 172 Å². The lowest BCUT2D eigenvalue weighted by atomic mass is 9.99. The van der Waals surface area contributed by atoms with Crippen LogP contribution in [-0.2, 0) is 12.8 Å². The average Bonchev–Trinajstić information content (AvgIpc) is 3.20. The van der Waals surface area contributed by atoms with E-state index in [1.807, 2.05) is 6.07 Å². The highest BCUT2D eigenvalue weighted by Gasteiger charge is 2.20. The first-order valence-electron chi connectivity index (χ1n) is 10.6. The molecule has 1 saturated heterocycles. The van der Waals surface area contributed by atoms with Crippen molar-refractivity contribution in [1.82, 2.24) is 10.2 Å². The van der Waals surface area contributed by atoms with Gasteiger partial charge in [0.25, 0.3) is 5.91 Å². The van der Waals surface area contributed by atoms with Gasteiger partial charge in [0.2, 0.25) is 0 Å². The summed E-state index contributed by atoms with van der Waals surface area (Å²) in [6.45, 7) is 5.72. The number of carbonyl (C=O) groups excluding carboxylic acids is 1. The summed E-state index contributed by atoms with van der Waals surface area (Å²) in [5.41, 5.74) is 4.86. The smallest absolute Gasteiger partial charge is 0.251 e. The van der Waals surface area contributed by atoms with Crippen molar-refractivity contribution in [2.45, 2.75) is 12.8 Å². The molecular weight excluding hydrogens is 358 g/mol. The summed E-state index contributed by atoms with van der Waals surface area (Å²) in [6, 6.07) is 21.1. The Kier molecular flexibility index (Phi) is 4.94. The van der Waals surface area contributed by atoms with Crippen molar-refractivity contribution in [1.29, 1.82) is 0 Å². The Bertz CT molecular complexity index is 1010. The Balaban J connectivity index is 1.16. The van der Waals surface area contributed by atoms with Gasteiger partial charge in [0.1, 0.15) is 0 Å². The summed E-state index contributed by atoms with van der Waals surface area (Å²) in [5, 5.41) is 5.55. The second-order valence-electron chi connectivity index (χ2n) is 8.03. The largest absolute Gasteiger partial charge is 0.369 e. The van der Waals surface area contributed by atoms with Gasteiger partial charge in [-0.1, -0.05) is 42.5 Å². The zero-order chi connectivity index (χ0) is 19.6. The summed E-state index contributed by atoms with van der Waals surface area (Å²) in [5.74, 6) is 0.0449. The molecular formula is C25H27N3O. The topological polar surface area (TPSA) is 35.6 Å². The van der Waals surface area contributed by atoms with Crippen molar-refractivity contribution < 1.29 is 4.79 Å². The molecule has 5 rings (SSSR count). The van der Waals surface area contributed by atoms with Crippen molar-refractivity contribution in [3.8, 4) is 0 Å². The number of carbonyl (C=O) groups is 1. The fourth-order valence-corrected chi connectivity index (χ4v) is 4.74. The third kappa shape index (κ3) is 3.60. The van der Waals surface area contributed by atoms with Crippen LogP contribution in [0, 0.1) is 0 Å². The van der Waals surface area contributed by atoms with Gasteiger partial charge in [-0.2, -0.15) is 0 Å². The molecule has 1 fully saturated rings. The second kappa shape index (κ2) is 7.88. The number of amides is 1. The van der Waals surface area contributed by atoms with Crippen molar-refractivity contribution in [3.63, 3.8) is 0 Å². The molecule has 0 aromatic heterocycles. The minimum atomic E-state index is 0.0449. The predicted molar refractivity (Wildman–Crippen MR) is 119 cm³/mol. The molecule has 148 valence electrons. The fraction of sp³-hybridized carbons (Fsp3) is 0.320. The molecule has 0 saturated carbocycles. The number of benzene rings is 3. The SMILES string of the molecule is O=C(NCCN1CCN(c2ccccc2)CC1)c1ccc2c3c(cccc13)CC2. The van der Waals surface area contributed by atoms with Crippen molar-refractivity contribution in [2.24, 2.45) is 0 Å². The molecule has 0 unspecified atom stereocenters. The van der Waals surface area contributed by atoms with E-state index in [1.54, 1.807) is 0 Å². The molecule has 1 amide bonds. The van der Waals surface area contributed by atoms with E-state index >= 15 is 0 Å². The van der Waals surface area contributed by atoms with Gasteiger partial charge in [-0.05, 0) is 52.9 Å². The van der Waals surface area contributed by atoms with Crippen LogP contribution in [-0.4, -0.2) is 50.1 Å². The number of piperazine rings is 1. The third-order valence-electron chi connectivity index (χ3n) is 6.33. The van der Waals surface area contributed by atoms with E-state index in [0.717, 1.165) is 56.5 Å². The monoisotopic (exact) mass is 385 g/mol. The maximum atomic E-state index is 12.8. The Morgan fingerprint density at radius 2 is 1.59 bits per heavy atom. The van der Waals surface area contributed by atoms with Gasteiger partial charge in [-0.3, -0.25) is 9.69 Å². The maximum absolute atomic E-state index is 12.8. The molecule has 0 atom stereocenters. The summed E-state index contributed by atoms with van der Waals surface area (Å²) >= 11 is 0. The van der Waals surface area contributed by atoms with Gasteiger partial charge >= 0.3 is 0 Å². The molecule has 1 aliphatic carbocycles. The summed E-state index contributed by atoms with van der Waals surface area (Å²) in [4.78, 5) is 17.7. The quantitative estimate of drug-likeness (QED) is 0.730. The standard InChI is InChI=1S/C25H27N3O/c29-25(23-12-11-20-10-9-19-5-4-8-22(23)24(19)20)26-13-14-27-15-17-28(18-16-27)21-6-2-1-3-7-21/h1-8,11-12H,9-10,13-18H2,(H,26,29). The molecule has 0 spiro atoms. The molecule has 2 aliphatic rings. The van der Waals surface area contributed by atoms with Crippen molar-refractivity contribution in [2.75, 3.05) is 44.2 Å². The highest BCUT2D eigenvalue weighted by Crippen LogP contribution is 2.32. The van der Waals surface area contributed by atoms with Crippen LogP contribution in [0.3, 0.4) is 0 Å². The van der Waals surface area contributed by atoms with Crippen LogP contribution in [0.4, 0.5) is 5.69 Å². The highest BCUT2D eigenvalue weighted by atomic mass is 16.1. The average molecular weight is 386 g/mol. The van der Waals surface area contributed by atoms with Gasteiger partial charge in [0, 0.05) is 50.5 Å². The van der Waals surface area contributed by atoms with Gasteiger partial charge in [-0.25, -0.2) is 0 Å². The fourth-order valence-electron chi connectivity index (χ4n) is 4.74. The highest BCUT2D eigenvalue weighted by molar-refractivity contribution is 6.09. The van der Waals surface area contributed by atoms with Crippen LogP contribution < -0.4 is 10.2 Å². The van der Waals surface area contributed by atoms with E-state index in [1.165, 1.54) is 22.2 Å². The molecule has 1 N–H and O–H groups in total. The number of aryl methyl sites for hydroxylation is 2. The van der Waals surface area contributed by atoms with E-state index in [9.17, 15) is 4.79 Å². The first-order valence-corrected chi connectivity index (χ1v) is 10.6. The van der Waals surface area contributed by atoms with E-state index in [2.05, 4.69) is 69.7 Å². The first kappa shape index (κ1) is 18.2. The van der Waals surface area contributed by atoms with Crippen LogP contribution in [0.15, 0.2) is 60.7 Å². The lowest BCUT2D eigenvalue weighted by Crippen LogP contribution is -2.48. The first-order chi connectivity index (χ1) is 14.3. The number of hydrogen-bond donors (Lipinski definition) is 1. The Morgan fingerprint density at radius 3 is 2.38 bits per heavy atom. The Hall–Kier alpha value is -2.85. The predicted octanol–water partition coefficient (Wildman–Crippen LogP) is 3.49. The second-order valence-corrected chi connectivity index (χ2v) is 8.03. The van der Waals surface area contributed by atoms with Crippen LogP contribution in [0.25, 0.3) is 10.8 Å². The maximum Gasteiger partial charge on any atom is 0.251 e. The zero-order valence-electron chi connectivity index (χ0n) is 16.7. The molecule has 0 radical (unpaired) electrons. The van der Waals surface area contributed by atoms with E-state index < -0.39 is 0 Å². The molecule has 4 nitrogen and oxygen atoms in total. The van der Waals surface area contributed by atoms with Gasteiger partial charge in [0.15, 0.2) is 0 Å². The molecule has 3 aromatic rings. The normalized spacial score (nSPS) is 16.3. The van der Waals surface area contributed by atoms with Crippen molar-refractivity contribution >= 4 is 22.4 Å². The number of anilines is 1. The number of para-hydroxylation sites is 1. The van der Waals surface area contributed by atoms with Crippen molar-refractivity contribution in [3.05, 3.63) is 77.4 Å². The summed E-state index contributed by atoms with van der Waals surface area (Å²) in [6.07, 6.45) is 2.18.